The number of nitrogens with one attached hydrogen (secondary N) is 2. The number of nitrogens with zero attached hydrogens (tertiary/aromatic N) is 3. The fourth-order valence-electron chi connectivity index (χ4n) is 1.63. The standard InChI is InChI=1S/C14H17N5O4S/c1-19(2)24(21,22)18-13-9-8-12(16-17-13)15-11-6-4-10(5-7-11)14(20)23-3/h4-9H,1-3H3,(H,15,16)(H,17,18). The van der Waals surface area contributed by atoms with E-state index in [1.807, 2.05) is 0 Å². The van der Waals surface area contributed by atoms with Crippen molar-refractivity contribution in [3.05, 3.63) is 42.0 Å². The van der Waals surface area contributed by atoms with Crippen molar-refractivity contribution in [2.45, 2.75) is 0 Å². The van der Waals surface area contributed by atoms with E-state index < -0.39 is 16.2 Å². The van der Waals surface area contributed by atoms with Crippen LogP contribution in [0.5, 0.6) is 0 Å². The molecule has 0 saturated heterocycles. The number of anilines is 3. The molecule has 0 radical (unpaired) electrons. The van der Waals surface area contributed by atoms with Crippen molar-refractivity contribution in [2.75, 3.05) is 31.2 Å². The monoisotopic (exact) mass is 351 g/mol. The van der Waals surface area contributed by atoms with Gasteiger partial charge >= 0.3 is 16.2 Å². The topological polar surface area (TPSA) is 114 Å². The maximum absolute atomic E-state index is 11.7. The van der Waals surface area contributed by atoms with Gasteiger partial charge in [-0.25, -0.2) is 4.79 Å². The highest BCUT2D eigenvalue weighted by molar-refractivity contribution is 7.90. The molecule has 0 fully saturated rings. The Morgan fingerprint density at radius 2 is 1.62 bits per heavy atom. The van der Waals surface area contributed by atoms with Crippen molar-refractivity contribution in [3.63, 3.8) is 0 Å². The van der Waals surface area contributed by atoms with Crippen molar-refractivity contribution < 1.29 is 17.9 Å². The van der Waals surface area contributed by atoms with Crippen LogP contribution in [0.1, 0.15) is 10.4 Å². The van der Waals surface area contributed by atoms with Gasteiger partial charge in [0.15, 0.2) is 11.6 Å². The maximum atomic E-state index is 11.7. The molecule has 0 bridgehead atoms. The van der Waals surface area contributed by atoms with E-state index in [1.165, 1.54) is 27.3 Å². The SMILES string of the molecule is COC(=O)c1ccc(Nc2ccc(NS(=O)(=O)N(C)C)nn2)cc1. The molecular formula is C14H17N5O4S. The second-order valence-corrected chi connectivity index (χ2v) is 6.77. The number of carbonyl (C=O) groups excluding carboxylic acids is 1. The third-order valence-electron chi connectivity index (χ3n) is 2.96. The van der Waals surface area contributed by atoms with Crippen molar-refractivity contribution >= 4 is 33.5 Å². The van der Waals surface area contributed by atoms with Crippen molar-refractivity contribution in [1.29, 1.82) is 0 Å². The average Bonchev–Trinajstić information content (AvgIpc) is 2.56. The Kier molecular flexibility index (Phi) is 5.31. The summed E-state index contributed by atoms with van der Waals surface area (Å²) < 4.78 is 31.3. The molecule has 9 nitrogen and oxygen atoms in total. The average molecular weight is 351 g/mol. The van der Waals surface area contributed by atoms with Gasteiger partial charge in [-0.1, -0.05) is 0 Å². The van der Waals surface area contributed by atoms with Crippen LogP contribution in [0.2, 0.25) is 0 Å². The smallest absolute Gasteiger partial charge is 0.337 e. The highest BCUT2D eigenvalue weighted by Gasteiger charge is 2.13. The summed E-state index contributed by atoms with van der Waals surface area (Å²) in [6.07, 6.45) is 0. The summed E-state index contributed by atoms with van der Waals surface area (Å²) in [5, 5.41) is 10.7. The Balaban J connectivity index is 2.05. The number of carbonyl (C=O) groups is 1. The van der Waals surface area contributed by atoms with Gasteiger partial charge in [0, 0.05) is 19.8 Å². The molecule has 24 heavy (non-hydrogen) atoms. The minimum absolute atomic E-state index is 0.107. The molecule has 128 valence electrons. The molecule has 1 aromatic carbocycles. The third kappa shape index (κ3) is 4.40. The van der Waals surface area contributed by atoms with Crippen molar-refractivity contribution in [2.24, 2.45) is 0 Å². The number of hydrogen-bond acceptors (Lipinski definition) is 7. The summed E-state index contributed by atoms with van der Waals surface area (Å²) in [6, 6.07) is 9.67. The van der Waals surface area contributed by atoms with Gasteiger partial charge in [-0.05, 0) is 36.4 Å². The lowest BCUT2D eigenvalue weighted by Crippen LogP contribution is -2.29. The van der Waals surface area contributed by atoms with E-state index in [4.69, 9.17) is 0 Å². The van der Waals surface area contributed by atoms with Gasteiger partial charge in [-0.2, -0.15) is 12.7 Å². The van der Waals surface area contributed by atoms with Crippen LogP contribution in [-0.2, 0) is 14.9 Å². The number of benzene rings is 1. The van der Waals surface area contributed by atoms with Crippen molar-refractivity contribution in [1.82, 2.24) is 14.5 Å². The molecule has 0 aliphatic rings. The number of hydrogen-bond donors (Lipinski definition) is 2. The molecule has 0 aliphatic heterocycles. The Morgan fingerprint density at radius 3 is 2.12 bits per heavy atom. The lowest BCUT2D eigenvalue weighted by atomic mass is 10.2. The fraction of sp³-hybridized carbons (Fsp3) is 0.214. The zero-order chi connectivity index (χ0) is 17.7. The zero-order valence-electron chi connectivity index (χ0n) is 13.3. The van der Waals surface area contributed by atoms with E-state index in [-0.39, 0.29) is 5.82 Å². The second-order valence-electron chi connectivity index (χ2n) is 4.89. The van der Waals surface area contributed by atoms with Crippen LogP contribution in [0.3, 0.4) is 0 Å². The quantitative estimate of drug-likeness (QED) is 0.752. The van der Waals surface area contributed by atoms with Crippen LogP contribution in [-0.4, -0.2) is 50.1 Å². The van der Waals surface area contributed by atoms with Gasteiger partial charge in [-0.3, -0.25) is 4.72 Å². The molecule has 2 N–H and O–H groups in total. The number of ether oxygens (including phenoxy) is 1. The number of rotatable bonds is 6. The number of aromatic nitrogens is 2. The Hall–Kier alpha value is -2.72. The zero-order valence-corrected chi connectivity index (χ0v) is 14.2. The minimum atomic E-state index is -3.62. The van der Waals surface area contributed by atoms with Crippen LogP contribution in [0.4, 0.5) is 17.3 Å². The van der Waals surface area contributed by atoms with E-state index in [1.54, 1.807) is 30.3 Å². The number of methoxy groups -OCH3 is 1. The molecular weight excluding hydrogens is 334 g/mol. The van der Waals surface area contributed by atoms with Gasteiger partial charge in [0.25, 0.3) is 0 Å². The third-order valence-corrected chi connectivity index (χ3v) is 4.39. The minimum Gasteiger partial charge on any atom is -0.465 e. The molecule has 2 rings (SSSR count). The first kappa shape index (κ1) is 17.6. The van der Waals surface area contributed by atoms with Gasteiger partial charge in [-0.15, -0.1) is 10.2 Å². The predicted molar refractivity (Wildman–Crippen MR) is 89.3 cm³/mol. The first-order chi connectivity index (χ1) is 11.3. The van der Waals surface area contributed by atoms with Crippen LogP contribution < -0.4 is 10.0 Å². The maximum Gasteiger partial charge on any atom is 0.337 e. The molecule has 0 amide bonds. The van der Waals surface area contributed by atoms with Gasteiger partial charge in [0.05, 0.1) is 12.7 Å². The summed E-state index contributed by atoms with van der Waals surface area (Å²) in [6.45, 7) is 0. The Labute approximate surface area is 139 Å². The predicted octanol–water partition coefficient (Wildman–Crippen LogP) is 1.23. The lowest BCUT2D eigenvalue weighted by molar-refractivity contribution is 0.0601. The van der Waals surface area contributed by atoms with E-state index in [0.29, 0.717) is 17.1 Å². The lowest BCUT2D eigenvalue weighted by Gasteiger charge is -2.12. The van der Waals surface area contributed by atoms with E-state index in [0.717, 1.165) is 4.31 Å². The van der Waals surface area contributed by atoms with Crippen molar-refractivity contribution in [3.8, 4) is 0 Å². The summed E-state index contributed by atoms with van der Waals surface area (Å²) in [5.74, 6) is 0.114. The van der Waals surface area contributed by atoms with Crippen LogP contribution in [0, 0.1) is 0 Å². The molecule has 0 atom stereocenters. The molecule has 0 unspecified atom stereocenters. The molecule has 10 heteroatoms. The van der Waals surface area contributed by atoms with Gasteiger partial charge in [0.1, 0.15) is 0 Å². The van der Waals surface area contributed by atoms with E-state index in [2.05, 4.69) is 25.0 Å². The molecule has 1 aromatic heterocycles. The summed E-state index contributed by atoms with van der Waals surface area (Å²) in [5.41, 5.74) is 1.13. The molecule has 0 spiro atoms. The largest absolute Gasteiger partial charge is 0.465 e. The fourth-order valence-corrected chi connectivity index (χ4v) is 2.19. The Morgan fingerprint density at radius 1 is 1.04 bits per heavy atom. The van der Waals surface area contributed by atoms with Crippen LogP contribution in [0.15, 0.2) is 36.4 Å². The Bertz CT molecular complexity index is 804. The molecule has 0 saturated carbocycles. The van der Waals surface area contributed by atoms with Gasteiger partial charge < -0.3 is 10.1 Å². The summed E-state index contributed by atoms with van der Waals surface area (Å²) in [7, 11) is 0.507. The summed E-state index contributed by atoms with van der Waals surface area (Å²) in [4.78, 5) is 11.4. The highest BCUT2D eigenvalue weighted by atomic mass is 32.2. The normalized spacial score (nSPS) is 11.2. The molecule has 1 heterocycles. The van der Waals surface area contributed by atoms with E-state index in [9.17, 15) is 13.2 Å². The number of esters is 1. The highest BCUT2D eigenvalue weighted by Crippen LogP contribution is 2.16. The molecule has 0 aliphatic carbocycles. The second kappa shape index (κ2) is 7.23. The van der Waals surface area contributed by atoms with Crippen LogP contribution >= 0.6 is 0 Å². The van der Waals surface area contributed by atoms with Gasteiger partial charge in [0.2, 0.25) is 0 Å². The van der Waals surface area contributed by atoms with Crippen LogP contribution in [0.25, 0.3) is 0 Å². The first-order valence-electron chi connectivity index (χ1n) is 6.81. The summed E-state index contributed by atoms with van der Waals surface area (Å²) >= 11 is 0. The first-order valence-corrected chi connectivity index (χ1v) is 8.25. The van der Waals surface area contributed by atoms with E-state index >= 15 is 0 Å². The molecule has 2 aromatic rings.